The van der Waals surface area contributed by atoms with Crippen molar-refractivity contribution in [3.8, 4) is 22.8 Å². The van der Waals surface area contributed by atoms with Crippen LogP contribution in [0, 0.1) is 0 Å². The molecule has 0 atom stereocenters. The maximum absolute atomic E-state index is 4.60. The zero-order chi connectivity index (χ0) is 20.8. The maximum atomic E-state index is 4.60. The van der Waals surface area contributed by atoms with Gasteiger partial charge < -0.3 is 14.8 Å². The molecule has 1 aliphatic heterocycles. The van der Waals surface area contributed by atoms with Crippen LogP contribution in [-0.4, -0.2) is 68.3 Å². The zero-order valence-corrected chi connectivity index (χ0v) is 17.2. The summed E-state index contributed by atoms with van der Waals surface area (Å²) in [6.07, 6.45) is 6.86. The molecule has 0 bridgehead atoms. The smallest absolute Gasteiger partial charge is 0.116 e. The summed E-state index contributed by atoms with van der Waals surface area (Å²) in [5.41, 5.74) is 6.66. The van der Waals surface area contributed by atoms with Gasteiger partial charge in [-0.1, -0.05) is 6.07 Å². The molecular weight excluding hydrogens is 388 g/mol. The number of hydrogen-bond donors (Lipinski definition) is 2. The van der Waals surface area contributed by atoms with Crippen LogP contribution in [0.5, 0.6) is 0 Å². The first-order chi connectivity index (χ1) is 15.3. The number of rotatable bonds is 3. The second kappa shape index (κ2) is 7.17. The van der Waals surface area contributed by atoms with Gasteiger partial charge in [0, 0.05) is 60.5 Å². The Hall–Kier alpha value is -3.78. The van der Waals surface area contributed by atoms with Crippen molar-refractivity contribution in [1.29, 1.82) is 0 Å². The largest absolute Gasteiger partial charge is 0.368 e. The molecule has 0 spiro atoms. The van der Waals surface area contributed by atoms with Gasteiger partial charge in [-0.05, 0) is 31.3 Å². The molecule has 0 amide bonds. The third kappa shape index (κ3) is 3.12. The van der Waals surface area contributed by atoms with Crippen molar-refractivity contribution in [3.63, 3.8) is 0 Å². The van der Waals surface area contributed by atoms with E-state index in [0.29, 0.717) is 0 Å². The van der Waals surface area contributed by atoms with Gasteiger partial charge in [0.1, 0.15) is 11.4 Å². The summed E-state index contributed by atoms with van der Waals surface area (Å²) in [7, 11) is 2.18. The second-order valence-corrected chi connectivity index (χ2v) is 7.99. The molecule has 5 aromatic rings. The Bertz CT molecular complexity index is 1360. The normalized spacial score (nSPS) is 15.2. The summed E-state index contributed by atoms with van der Waals surface area (Å²) in [5, 5.41) is 9.93. The summed E-state index contributed by atoms with van der Waals surface area (Å²) < 4.78 is 0. The van der Waals surface area contributed by atoms with Gasteiger partial charge in [-0.2, -0.15) is 5.10 Å². The van der Waals surface area contributed by atoms with Crippen molar-refractivity contribution in [2.24, 2.45) is 0 Å². The van der Waals surface area contributed by atoms with Gasteiger partial charge in [0.15, 0.2) is 0 Å². The number of nitrogens with one attached hydrogen (secondary N) is 2. The molecule has 8 nitrogen and oxygen atoms in total. The topological polar surface area (TPSA) is 89.6 Å². The highest BCUT2D eigenvalue weighted by molar-refractivity contribution is 6.00. The molecule has 0 aliphatic carbocycles. The van der Waals surface area contributed by atoms with Gasteiger partial charge in [-0.3, -0.25) is 20.1 Å². The van der Waals surface area contributed by atoms with Crippen LogP contribution < -0.4 is 4.90 Å². The molecule has 6 rings (SSSR count). The highest BCUT2D eigenvalue weighted by Gasteiger charge is 2.19. The number of pyridine rings is 1. The fourth-order valence-electron chi connectivity index (χ4n) is 4.28. The number of benzene rings is 1. The standard InChI is InChI=1S/C23H22N8/c1-30-7-9-31(10-8-30)22-4-2-3-17-15(22)11-19(27-17)23-16-12-18(21-13-24-5-6-25-21)26-14-20(16)28-29-23/h2-6,11-14,27H,7-10H2,1H3,(H,28,29). The number of aromatic nitrogens is 6. The molecule has 1 aromatic carbocycles. The van der Waals surface area contributed by atoms with Crippen LogP contribution >= 0.6 is 0 Å². The molecule has 0 radical (unpaired) electrons. The van der Waals surface area contributed by atoms with E-state index in [1.807, 2.05) is 6.07 Å². The van der Waals surface area contributed by atoms with Crippen molar-refractivity contribution >= 4 is 27.5 Å². The lowest BCUT2D eigenvalue weighted by atomic mass is 10.1. The Kier molecular flexibility index (Phi) is 4.17. The van der Waals surface area contributed by atoms with Crippen molar-refractivity contribution in [2.45, 2.75) is 0 Å². The molecule has 4 aromatic heterocycles. The first-order valence-electron chi connectivity index (χ1n) is 10.4. The van der Waals surface area contributed by atoms with E-state index in [1.54, 1.807) is 24.8 Å². The van der Waals surface area contributed by atoms with E-state index in [-0.39, 0.29) is 0 Å². The second-order valence-electron chi connectivity index (χ2n) is 7.99. The SMILES string of the molecule is CN1CCN(c2cccc3[nH]c(-c4n[nH]c5cnc(-c6cnccn6)cc45)cc23)CC1. The molecule has 0 saturated carbocycles. The molecule has 0 unspecified atom stereocenters. The van der Waals surface area contributed by atoms with Crippen molar-refractivity contribution < 1.29 is 0 Å². The third-order valence-corrected chi connectivity index (χ3v) is 6.01. The van der Waals surface area contributed by atoms with Crippen molar-refractivity contribution in [2.75, 3.05) is 38.1 Å². The highest BCUT2D eigenvalue weighted by Crippen LogP contribution is 2.34. The Morgan fingerprint density at radius 3 is 2.61 bits per heavy atom. The van der Waals surface area contributed by atoms with E-state index in [9.17, 15) is 0 Å². The number of nitrogens with zero attached hydrogens (tertiary/aromatic N) is 6. The van der Waals surface area contributed by atoms with Gasteiger partial charge >= 0.3 is 0 Å². The fraction of sp³-hybridized carbons (Fsp3) is 0.217. The highest BCUT2D eigenvalue weighted by atomic mass is 15.2. The monoisotopic (exact) mass is 410 g/mol. The molecule has 5 heterocycles. The van der Waals surface area contributed by atoms with Crippen molar-refractivity contribution in [3.05, 3.63) is 55.1 Å². The van der Waals surface area contributed by atoms with E-state index >= 15 is 0 Å². The first-order valence-corrected chi connectivity index (χ1v) is 10.4. The van der Waals surface area contributed by atoms with Crippen LogP contribution in [0.25, 0.3) is 44.6 Å². The number of piperazine rings is 1. The van der Waals surface area contributed by atoms with E-state index in [4.69, 9.17) is 0 Å². The molecule has 2 N–H and O–H groups in total. The predicted molar refractivity (Wildman–Crippen MR) is 122 cm³/mol. The molecule has 1 saturated heterocycles. The number of anilines is 1. The Morgan fingerprint density at radius 2 is 1.77 bits per heavy atom. The van der Waals surface area contributed by atoms with Crippen LogP contribution in [0.1, 0.15) is 0 Å². The quantitative estimate of drug-likeness (QED) is 0.474. The number of hydrogen-bond acceptors (Lipinski definition) is 6. The third-order valence-electron chi connectivity index (χ3n) is 6.01. The Labute approximate surface area is 179 Å². The lowest BCUT2D eigenvalue weighted by molar-refractivity contribution is 0.313. The predicted octanol–water partition coefficient (Wildman–Crippen LogP) is 3.32. The summed E-state index contributed by atoms with van der Waals surface area (Å²) in [6.45, 7) is 4.23. The molecule has 8 heteroatoms. The molecule has 154 valence electrons. The van der Waals surface area contributed by atoms with E-state index < -0.39 is 0 Å². The number of likely N-dealkylation sites (N-methyl/N-ethyl adjacent to an activating group) is 1. The van der Waals surface area contributed by atoms with E-state index in [0.717, 1.165) is 65.4 Å². The number of H-pyrrole nitrogens is 2. The average molecular weight is 410 g/mol. The van der Waals surface area contributed by atoms with Crippen LogP contribution in [-0.2, 0) is 0 Å². The zero-order valence-electron chi connectivity index (χ0n) is 17.2. The molecule has 31 heavy (non-hydrogen) atoms. The summed E-state index contributed by atoms with van der Waals surface area (Å²) in [5.74, 6) is 0. The van der Waals surface area contributed by atoms with Gasteiger partial charge in [-0.25, -0.2) is 0 Å². The first kappa shape index (κ1) is 18.0. The van der Waals surface area contributed by atoms with Gasteiger partial charge in [-0.15, -0.1) is 0 Å². The Morgan fingerprint density at radius 1 is 0.871 bits per heavy atom. The van der Waals surface area contributed by atoms with Crippen LogP contribution in [0.2, 0.25) is 0 Å². The maximum Gasteiger partial charge on any atom is 0.116 e. The lowest BCUT2D eigenvalue weighted by Crippen LogP contribution is -2.44. The van der Waals surface area contributed by atoms with Crippen LogP contribution in [0.3, 0.4) is 0 Å². The minimum atomic E-state index is 0.741. The summed E-state index contributed by atoms with van der Waals surface area (Å²) >= 11 is 0. The number of fused-ring (bicyclic) bond motifs is 2. The minimum Gasteiger partial charge on any atom is -0.368 e. The fourth-order valence-corrected chi connectivity index (χ4v) is 4.28. The van der Waals surface area contributed by atoms with Gasteiger partial charge in [0.05, 0.1) is 29.3 Å². The van der Waals surface area contributed by atoms with Gasteiger partial charge in [0.25, 0.3) is 0 Å². The molecule has 1 aliphatic rings. The van der Waals surface area contributed by atoms with Crippen LogP contribution in [0.4, 0.5) is 5.69 Å². The van der Waals surface area contributed by atoms with E-state index in [2.05, 4.69) is 71.2 Å². The average Bonchev–Trinajstić information content (AvgIpc) is 3.43. The Balaban J connectivity index is 1.44. The molecular formula is C23H22N8. The summed E-state index contributed by atoms with van der Waals surface area (Å²) in [6, 6.07) is 10.7. The van der Waals surface area contributed by atoms with Crippen LogP contribution in [0.15, 0.2) is 55.1 Å². The lowest BCUT2D eigenvalue weighted by Gasteiger charge is -2.34. The number of aromatic amines is 2. The van der Waals surface area contributed by atoms with Crippen molar-refractivity contribution in [1.82, 2.24) is 35.0 Å². The molecule has 1 fully saturated rings. The minimum absolute atomic E-state index is 0.741. The summed E-state index contributed by atoms with van der Waals surface area (Å²) in [4.78, 5) is 21.5. The van der Waals surface area contributed by atoms with E-state index in [1.165, 1.54) is 11.1 Å². The van der Waals surface area contributed by atoms with Gasteiger partial charge in [0.2, 0.25) is 0 Å².